The molecule has 0 spiro atoms. The lowest BCUT2D eigenvalue weighted by Crippen LogP contribution is -2.66. The van der Waals surface area contributed by atoms with Crippen molar-refractivity contribution in [3.05, 3.63) is 0 Å². The maximum Gasteiger partial charge on any atom is 0.220 e. The number of carbonyl (C=O) groups excluding carboxylic acids is 2. The van der Waals surface area contributed by atoms with Crippen LogP contribution in [0, 0.1) is 5.41 Å². The fraction of sp³-hybridized carbons (Fsp3) is 0.905. The van der Waals surface area contributed by atoms with Crippen LogP contribution in [-0.4, -0.2) is 95.8 Å². The van der Waals surface area contributed by atoms with E-state index in [9.17, 15) is 9.59 Å². The van der Waals surface area contributed by atoms with Gasteiger partial charge in [0.2, 0.25) is 5.91 Å². The molecule has 3 fully saturated rings. The van der Waals surface area contributed by atoms with Gasteiger partial charge in [0.25, 0.3) is 0 Å². The highest BCUT2D eigenvalue weighted by Gasteiger charge is 2.31. The Balaban J connectivity index is 2.07. The van der Waals surface area contributed by atoms with Crippen LogP contribution in [0.3, 0.4) is 0 Å². The van der Waals surface area contributed by atoms with Gasteiger partial charge in [0, 0.05) is 96.8 Å². The van der Waals surface area contributed by atoms with Gasteiger partial charge in [-0.25, -0.2) is 0 Å². The van der Waals surface area contributed by atoms with E-state index >= 15 is 0 Å². The van der Waals surface area contributed by atoms with E-state index in [1.807, 2.05) is 0 Å². The van der Waals surface area contributed by atoms with Gasteiger partial charge in [-0.2, -0.15) is 0 Å². The summed E-state index contributed by atoms with van der Waals surface area (Å²) < 4.78 is 0. The fourth-order valence-corrected chi connectivity index (χ4v) is 4.05. The van der Waals surface area contributed by atoms with Crippen molar-refractivity contribution in [1.29, 1.82) is 0 Å². The van der Waals surface area contributed by atoms with Crippen molar-refractivity contribution < 1.29 is 9.59 Å². The number of ketones is 1. The van der Waals surface area contributed by atoms with Crippen LogP contribution in [0.25, 0.3) is 0 Å². The molecule has 0 radical (unpaired) electrons. The Morgan fingerprint density at radius 3 is 1.50 bits per heavy atom. The third-order valence-corrected chi connectivity index (χ3v) is 5.82. The lowest BCUT2D eigenvalue weighted by molar-refractivity contribution is -0.123. The first-order valence-electron chi connectivity index (χ1n) is 11.5. The summed E-state index contributed by atoms with van der Waals surface area (Å²) in [6.07, 6.45) is 1.43. The predicted octanol–water partition coefficient (Wildman–Crippen LogP) is -1.83. The number of hydrogen-bond donors (Lipinski definition) is 7. The van der Waals surface area contributed by atoms with Gasteiger partial charge in [0.1, 0.15) is 5.78 Å². The average molecular weight is 426 g/mol. The molecule has 3 rings (SSSR count). The number of Topliss-reactive ketones (excluding diaryl/α,β-unsaturated/α-hetero) is 1. The van der Waals surface area contributed by atoms with Crippen molar-refractivity contribution in [1.82, 2.24) is 37.2 Å². The Bertz CT molecular complexity index is 486. The van der Waals surface area contributed by atoms with Gasteiger partial charge in [0.15, 0.2) is 0 Å². The van der Waals surface area contributed by atoms with Gasteiger partial charge < -0.3 is 42.0 Å². The maximum absolute atomic E-state index is 12.7. The molecule has 3 aliphatic rings. The monoisotopic (exact) mass is 425 g/mol. The van der Waals surface area contributed by atoms with E-state index < -0.39 is 5.54 Å². The highest BCUT2D eigenvalue weighted by molar-refractivity contribution is 5.79. The Labute approximate surface area is 181 Å². The number of hydrogen-bond acceptors (Lipinski definition) is 8. The minimum absolute atomic E-state index is 0.00836. The molecule has 3 aliphatic heterocycles. The second-order valence-corrected chi connectivity index (χ2v) is 9.26. The zero-order valence-electron chi connectivity index (χ0n) is 18.9. The largest absolute Gasteiger partial charge is 0.347 e. The van der Waals surface area contributed by atoms with Gasteiger partial charge >= 0.3 is 0 Å². The third-order valence-electron chi connectivity index (χ3n) is 5.82. The minimum Gasteiger partial charge on any atom is -0.347 e. The molecule has 0 saturated carbocycles. The summed E-state index contributed by atoms with van der Waals surface area (Å²) in [6, 6.07) is 0. The maximum atomic E-state index is 12.7. The van der Waals surface area contributed by atoms with Crippen molar-refractivity contribution in [3.8, 4) is 0 Å². The van der Waals surface area contributed by atoms with E-state index in [0.717, 1.165) is 58.9 Å². The van der Waals surface area contributed by atoms with Crippen LogP contribution in [0.15, 0.2) is 0 Å². The second-order valence-electron chi connectivity index (χ2n) is 9.26. The summed E-state index contributed by atoms with van der Waals surface area (Å²) >= 11 is 0. The molecule has 0 aromatic heterocycles. The first-order chi connectivity index (χ1) is 14.4. The Hall–Kier alpha value is -1.10. The van der Waals surface area contributed by atoms with Crippen molar-refractivity contribution in [2.75, 3.05) is 78.5 Å². The van der Waals surface area contributed by atoms with E-state index in [1.54, 1.807) is 6.92 Å². The van der Waals surface area contributed by atoms with Crippen molar-refractivity contribution in [3.63, 3.8) is 0 Å². The molecule has 7 N–H and O–H groups in total. The van der Waals surface area contributed by atoms with E-state index in [1.165, 1.54) is 0 Å². The van der Waals surface area contributed by atoms with Crippen molar-refractivity contribution >= 4 is 11.7 Å². The summed E-state index contributed by atoms with van der Waals surface area (Å²) in [5.74, 6) is 0.138. The molecule has 30 heavy (non-hydrogen) atoms. The Kier molecular flexibility index (Phi) is 11.2. The van der Waals surface area contributed by atoms with E-state index in [-0.39, 0.29) is 17.1 Å². The van der Waals surface area contributed by atoms with E-state index in [2.05, 4.69) is 44.1 Å². The Morgan fingerprint density at radius 2 is 1.10 bits per heavy atom. The van der Waals surface area contributed by atoms with Gasteiger partial charge in [-0.05, 0) is 13.3 Å². The highest BCUT2D eigenvalue weighted by atomic mass is 16.1. The molecule has 0 unspecified atom stereocenters. The van der Waals surface area contributed by atoms with E-state index in [0.29, 0.717) is 38.9 Å². The lowest BCUT2D eigenvalue weighted by atomic mass is 9.90. The topological polar surface area (TPSA) is 118 Å². The zero-order chi connectivity index (χ0) is 21.7. The molecule has 0 atom stereocenters. The van der Waals surface area contributed by atoms with Gasteiger partial charge in [-0.3, -0.25) is 4.79 Å². The molecular formula is C21H43N7O2. The van der Waals surface area contributed by atoms with Crippen LogP contribution in [0.4, 0.5) is 0 Å². The quantitative estimate of drug-likeness (QED) is 0.275. The lowest BCUT2D eigenvalue weighted by Gasteiger charge is -2.37. The molecule has 174 valence electrons. The van der Waals surface area contributed by atoms with Crippen LogP contribution < -0.4 is 37.2 Å². The molecule has 3 saturated heterocycles. The Morgan fingerprint density at radius 1 is 0.700 bits per heavy atom. The first-order valence-corrected chi connectivity index (χ1v) is 11.5. The SMILES string of the molecule is CC(=O)CCCC(=O)NC12CNCCNCC(C)(CNCCNC1)CNCCNC2. The molecule has 0 aromatic rings. The number of nitrogens with one attached hydrogen (secondary N) is 7. The number of amides is 1. The summed E-state index contributed by atoms with van der Waals surface area (Å²) in [4.78, 5) is 23.9. The fourth-order valence-electron chi connectivity index (χ4n) is 4.05. The van der Waals surface area contributed by atoms with Crippen molar-refractivity contribution in [2.24, 2.45) is 5.41 Å². The standard InChI is InChI=1S/C21H43N7O2/c1-18(29)4-3-5-19(30)28-21-15-25-9-6-22-12-20(2,13-23-7-10-26-16-21)14-24-8-11-27-17-21/h22-27H,3-17H2,1-2H3,(H,28,30). The molecular weight excluding hydrogens is 382 g/mol. The van der Waals surface area contributed by atoms with Crippen LogP contribution in [0.2, 0.25) is 0 Å². The summed E-state index contributed by atoms with van der Waals surface area (Å²) in [7, 11) is 0. The molecule has 3 heterocycles. The third kappa shape index (κ3) is 9.80. The molecule has 9 nitrogen and oxygen atoms in total. The minimum atomic E-state index is -0.421. The zero-order valence-corrected chi connectivity index (χ0v) is 18.9. The summed E-state index contributed by atoms with van der Waals surface area (Å²) in [5, 5.41) is 24.7. The smallest absolute Gasteiger partial charge is 0.220 e. The predicted molar refractivity (Wildman–Crippen MR) is 121 cm³/mol. The molecule has 0 aromatic carbocycles. The van der Waals surface area contributed by atoms with Crippen molar-refractivity contribution in [2.45, 2.75) is 38.6 Å². The van der Waals surface area contributed by atoms with Crippen LogP contribution in [0.5, 0.6) is 0 Å². The van der Waals surface area contributed by atoms with E-state index in [4.69, 9.17) is 0 Å². The van der Waals surface area contributed by atoms with Gasteiger partial charge in [-0.15, -0.1) is 0 Å². The number of rotatable bonds is 5. The van der Waals surface area contributed by atoms with Crippen LogP contribution in [-0.2, 0) is 9.59 Å². The molecule has 2 bridgehead atoms. The number of carbonyl (C=O) groups is 2. The first kappa shape index (κ1) is 25.2. The number of fused-ring (bicyclic) bond motifs is 15. The van der Waals surface area contributed by atoms with Crippen LogP contribution >= 0.6 is 0 Å². The molecule has 9 heteroatoms. The molecule has 1 amide bonds. The average Bonchev–Trinajstić information content (AvgIpc) is 2.69. The summed E-state index contributed by atoms with van der Waals surface area (Å²) in [6.45, 7) is 14.0. The second kappa shape index (κ2) is 13.3. The van der Waals surface area contributed by atoms with Gasteiger partial charge in [0.05, 0.1) is 5.54 Å². The highest BCUT2D eigenvalue weighted by Crippen LogP contribution is 2.12. The normalized spacial score (nSPS) is 30.2. The summed E-state index contributed by atoms with van der Waals surface area (Å²) in [5.41, 5.74) is -0.262. The van der Waals surface area contributed by atoms with Crippen LogP contribution in [0.1, 0.15) is 33.1 Å². The van der Waals surface area contributed by atoms with Gasteiger partial charge in [-0.1, -0.05) is 6.92 Å². The molecule has 0 aliphatic carbocycles.